The standard InChI is InChI=1S/C10H18N6O/c1-2-3-8(10(17)13-11)15-4-5-16-7-12-14-9(16)6-15/h7-8H,2-6,11H2,1H3,(H,13,17). The van der Waals surface area contributed by atoms with Crippen LogP contribution in [-0.2, 0) is 17.9 Å². The van der Waals surface area contributed by atoms with Crippen LogP contribution in [0.5, 0.6) is 0 Å². The number of hydrogen-bond donors (Lipinski definition) is 2. The molecule has 7 heteroatoms. The summed E-state index contributed by atoms with van der Waals surface area (Å²) in [7, 11) is 0. The van der Waals surface area contributed by atoms with Crippen LogP contribution >= 0.6 is 0 Å². The van der Waals surface area contributed by atoms with Crippen LogP contribution in [0.3, 0.4) is 0 Å². The molecule has 17 heavy (non-hydrogen) atoms. The van der Waals surface area contributed by atoms with Crippen molar-refractivity contribution in [2.45, 2.75) is 38.9 Å². The van der Waals surface area contributed by atoms with Crippen LogP contribution in [-0.4, -0.2) is 38.2 Å². The number of nitrogens with two attached hydrogens (primary N) is 1. The molecule has 94 valence electrons. The van der Waals surface area contributed by atoms with Crippen molar-refractivity contribution < 1.29 is 4.79 Å². The molecule has 3 N–H and O–H groups in total. The monoisotopic (exact) mass is 238 g/mol. The minimum absolute atomic E-state index is 0.125. The van der Waals surface area contributed by atoms with Crippen LogP contribution in [0.1, 0.15) is 25.6 Å². The number of fused-ring (bicyclic) bond motifs is 1. The SMILES string of the molecule is CCCC(C(=O)NN)N1CCn2cnnc2C1. The maximum Gasteiger partial charge on any atom is 0.251 e. The van der Waals surface area contributed by atoms with E-state index in [1.807, 2.05) is 4.57 Å². The van der Waals surface area contributed by atoms with E-state index in [1.54, 1.807) is 6.33 Å². The van der Waals surface area contributed by atoms with Gasteiger partial charge in [0.15, 0.2) is 0 Å². The van der Waals surface area contributed by atoms with Gasteiger partial charge >= 0.3 is 0 Å². The van der Waals surface area contributed by atoms with E-state index in [2.05, 4.69) is 27.4 Å². The van der Waals surface area contributed by atoms with E-state index in [9.17, 15) is 4.79 Å². The third-order valence-corrected chi connectivity index (χ3v) is 3.12. The van der Waals surface area contributed by atoms with Crippen LogP contribution < -0.4 is 11.3 Å². The third kappa shape index (κ3) is 2.45. The second kappa shape index (κ2) is 5.24. The summed E-state index contributed by atoms with van der Waals surface area (Å²) in [6.45, 7) is 4.35. The van der Waals surface area contributed by atoms with Crippen LogP contribution in [0.25, 0.3) is 0 Å². The molecule has 0 fully saturated rings. The smallest absolute Gasteiger partial charge is 0.251 e. The molecule has 0 aliphatic carbocycles. The van der Waals surface area contributed by atoms with Gasteiger partial charge in [-0.15, -0.1) is 10.2 Å². The normalized spacial score (nSPS) is 17.5. The highest BCUT2D eigenvalue weighted by atomic mass is 16.2. The zero-order valence-electron chi connectivity index (χ0n) is 9.96. The quantitative estimate of drug-likeness (QED) is 0.409. The molecule has 2 heterocycles. The number of rotatable bonds is 4. The van der Waals surface area contributed by atoms with Crippen LogP contribution in [0.15, 0.2) is 6.33 Å². The van der Waals surface area contributed by atoms with E-state index >= 15 is 0 Å². The first-order valence-corrected chi connectivity index (χ1v) is 5.87. The molecule has 1 aliphatic rings. The van der Waals surface area contributed by atoms with Crippen molar-refractivity contribution in [1.29, 1.82) is 0 Å². The lowest BCUT2D eigenvalue weighted by molar-refractivity contribution is -0.127. The second-order valence-electron chi connectivity index (χ2n) is 4.22. The first-order valence-electron chi connectivity index (χ1n) is 5.87. The van der Waals surface area contributed by atoms with Crippen molar-refractivity contribution in [3.8, 4) is 0 Å². The van der Waals surface area contributed by atoms with E-state index in [0.717, 1.165) is 31.8 Å². The highest BCUT2D eigenvalue weighted by molar-refractivity contribution is 5.81. The summed E-state index contributed by atoms with van der Waals surface area (Å²) in [4.78, 5) is 13.8. The van der Waals surface area contributed by atoms with Crippen molar-refractivity contribution in [3.63, 3.8) is 0 Å². The largest absolute Gasteiger partial charge is 0.315 e. The topological polar surface area (TPSA) is 89.1 Å². The van der Waals surface area contributed by atoms with E-state index in [4.69, 9.17) is 5.84 Å². The Kier molecular flexibility index (Phi) is 3.70. The Balaban J connectivity index is 2.08. The third-order valence-electron chi connectivity index (χ3n) is 3.12. The molecular weight excluding hydrogens is 220 g/mol. The van der Waals surface area contributed by atoms with Gasteiger partial charge in [0.05, 0.1) is 12.6 Å². The Labute approximate surface area is 100.0 Å². The zero-order chi connectivity index (χ0) is 12.3. The lowest BCUT2D eigenvalue weighted by Crippen LogP contribution is -2.51. The molecule has 1 aromatic rings. The zero-order valence-corrected chi connectivity index (χ0v) is 9.96. The first-order chi connectivity index (χ1) is 8.26. The van der Waals surface area contributed by atoms with Gasteiger partial charge < -0.3 is 4.57 Å². The van der Waals surface area contributed by atoms with Crippen molar-refractivity contribution in [3.05, 3.63) is 12.2 Å². The molecule has 2 rings (SSSR count). The Morgan fingerprint density at radius 2 is 2.47 bits per heavy atom. The Morgan fingerprint density at radius 1 is 1.65 bits per heavy atom. The van der Waals surface area contributed by atoms with E-state index in [0.29, 0.717) is 6.54 Å². The summed E-state index contributed by atoms with van der Waals surface area (Å²) in [6, 6.07) is -0.171. The van der Waals surface area contributed by atoms with Gasteiger partial charge in [0.25, 0.3) is 5.91 Å². The molecule has 1 aliphatic heterocycles. The molecule has 0 saturated carbocycles. The molecule has 0 spiro atoms. The van der Waals surface area contributed by atoms with E-state index in [1.165, 1.54) is 0 Å². The Morgan fingerprint density at radius 3 is 3.18 bits per heavy atom. The summed E-state index contributed by atoms with van der Waals surface area (Å²) < 4.78 is 2.01. The summed E-state index contributed by atoms with van der Waals surface area (Å²) in [5.41, 5.74) is 2.24. The fourth-order valence-electron chi connectivity index (χ4n) is 2.20. The van der Waals surface area contributed by atoms with Gasteiger partial charge in [-0.1, -0.05) is 13.3 Å². The molecule has 1 atom stereocenters. The van der Waals surface area contributed by atoms with Gasteiger partial charge in [0.1, 0.15) is 12.2 Å². The highest BCUT2D eigenvalue weighted by Gasteiger charge is 2.28. The number of amides is 1. The predicted molar refractivity (Wildman–Crippen MR) is 61.5 cm³/mol. The minimum atomic E-state index is -0.171. The Bertz CT molecular complexity index is 390. The molecule has 0 radical (unpaired) electrons. The number of hydrogen-bond acceptors (Lipinski definition) is 5. The van der Waals surface area contributed by atoms with E-state index in [-0.39, 0.29) is 11.9 Å². The fourth-order valence-corrected chi connectivity index (χ4v) is 2.20. The second-order valence-corrected chi connectivity index (χ2v) is 4.22. The van der Waals surface area contributed by atoms with Crippen LogP contribution in [0.4, 0.5) is 0 Å². The van der Waals surface area contributed by atoms with E-state index < -0.39 is 0 Å². The number of carbonyl (C=O) groups excluding carboxylic acids is 1. The van der Waals surface area contributed by atoms with Gasteiger partial charge in [0, 0.05) is 13.1 Å². The number of nitrogens with zero attached hydrogens (tertiary/aromatic N) is 4. The molecular formula is C10H18N6O. The fraction of sp³-hybridized carbons (Fsp3) is 0.700. The Hall–Kier alpha value is -1.47. The minimum Gasteiger partial charge on any atom is -0.315 e. The summed E-state index contributed by atoms with van der Waals surface area (Å²) in [5.74, 6) is 6.00. The molecule has 0 bridgehead atoms. The van der Waals surface area contributed by atoms with Gasteiger partial charge in [-0.2, -0.15) is 0 Å². The predicted octanol–water partition coefficient (Wildman–Crippen LogP) is -0.748. The average Bonchev–Trinajstić information content (AvgIpc) is 2.82. The highest BCUT2D eigenvalue weighted by Crippen LogP contribution is 2.15. The van der Waals surface area contributed by atoms with Gasteiger partial charge in [-0.3, -0.25) is 15.1 Å². The summed E-state index contributed by atoms with van der Waals surface area (Å²) in [5, 5.41) is 7.91. The number of nitrogens with one attached hydrogen (secondary N) is 1. The maximum atomic E-state index is 11.7. The van der Waals surface area contributed by atoms with Gasteiger partial charge in [-0.25, -0.2) is 5.84 Å². The van der Waals surface area contributed by atoms with Crippen molar-refractivity contribution in [2.24, 2.45) is 5.84 Å². The summed E-state index contributed by atoms with van der Waals surface area (Å²) in [6.07, 6.45) is 3.48. The van der Waals surface area contributed by atoms with Gasteiger partial charge in [-0.05, 0) is 6.42 Å². The molecule has 0 saturated heterocycles. The lowest BCUT2D eigenvalue weighted by atomic mass is 10.1. The maximum absolute atomic E-state index is 11.7. The van der Waals surface area contributed by atoms with Crippen molar-refractivity contribution in [2.75, 3.05) is 6.54 Å². The summed E-state index contributed by atoms with van der Waals surface area (Å²) >= 11 is 0. The number of hydrazine groups is 1. The number of carbonyl (C=O) groups is 1. The van der Waals surface area contributed by atoms with Crippen molar-refractivity contribution in [1.82, 2.24) is 25.1 Å². The molecule has 1 aromatic heterocycles. The number of aromatic nitrogens is 3. The molecule has 1 unspecified atom stereocenters. The molecule has 7 nitrogen and oxygen atoms in total. The van der Waals surface area contributed by atoms with Crippen molar-refractivity contribution >= 4 is 5.91 Å². The van der Waals surface area contributed by atoms with Crippen LogP contribution in [0.2, 0.25) is 0 Å². The van der Waals surface area contributed by atoms with Gasteiger partial charge in [0.2, 0.25) is 0 Å². The first kappa shape index (κ1) is 12.0. The van der Waals surface area contributed by atoms with Crippen LogP contribution in [0, 0.1) is 0 Å². The lowest BCUT2D eigenvalue weighted by Gasteiger charge is -2.32. The molecule has 0 aromatic carbocycles. The average molecular weight is 238 g/mol. The molecule has 1 amide bonds.